The quantitative estimate of drug-likeness (QED) is 0.843. The average Bonchev–Trinajstić information content (AvgIpc) is 2.86. The number of nitrogens with zero attached hydrogens (tertiary/aromatic N) is 1. The molecule has 1 aromatic rings. The molecule has 0 aromatic heterocycles. The van der Waals surface area contributed by atoms with E-state index >= 15 is 0 Å². The summed E-state index contributed by atoms with van der Waals surface area (Å²) in [5.41, 5.74) is 4.15. The molecule has 98 valence electrons. The third-order valence-electron chi connectivity index (χ3n) is 3.77. The molecule has 3 rings (SSSR count). The van der Waals surface area contributed by atoms with Crippen molar-refractivity contribution >= 4 is 0 Å². The first-order chi connectivity index (χ1) is 8.75. The Hall–Kier alpha value is -1.04. The summed E-state index contributed by atoms with van der Waals surface area (Å²) in [6.45, 7) is 0.766. The second-order valence-electron chi connectivity index (χ2n) is 4.89. The van der Waals surface area contributed by atoms with E-state index in [4.69, 9.17) is 0 Å². The number of hydrogen-bond acceptors (Lipinski definition) is 3. The van der Waals surface area contributed by atoms with Gasteiger partial charge < -0.3 is 0 Å². The fourth-order valence-electron chi connectivity index (χ4n) is 2.89. The van der Waals surface area contributed by atoms with Crippen molar-refractivity contribution in [2.75, 3.05) is 6.54 Å². The van der Waals surface area contributed by atoms with Crippen LogP contribution in [-0.4, -0.2) is 30.2 Å². The zero-order valence-corrected chi connectivity index (χ0v) is 10.0. The molecule has 2 heterocycles. The van der Waals surface area contributed by atoms with Crippen molar-refractivity contribution in [3.05, 3.63) is 35.9 Å². The molecule has 0 spiro atoms. The Labute approximate surface area is 105 Å². The summed E-state index contributed by atoms with van der Waals surface area (Å²) >= 11 is 0. The second kappa shape index (κ2) is 4.91. The van der Waals surface area contributed by atoms with E-state index in [0.717, 1.165) is 18.5 Å². The molecule has 2 N–H and O–H groups in total. The number of fused-ring (bicyclic) bond motifs is 1. The lowest BCUT2D eigenvalue weighted by molar-refractivity contribution is -0.0478. The van der Waals surface area contributed by atoms with Gasteiger partial charge in [-0.3, -0.25) is 10.7 Å². The lowest BCUT2D eigenvalue weighted by atomic mass is 9.96. The first-order valence-electron chi connectivity index (χ1n) is 6.36. The third kappa shape index (κ3) is 2.13. The third-order valence-corrected chi connectivity index (χ3v) is 3.77. The molecular formula is C13H17F2N3. The van der Waals surface area contributed by atoms with Gasteiger partial charge in [-0.25, -0.2) is 13.8 Å². The van der Waals surface area contributed by atoms with E-state index in [-0.39, 0.29) is 12.2 Å². The molecule has 0 radical (unpaired) electrons. The maximum Gasteiger partial charge on any atom is 0.255 e. The van der Waals surface area contributed by atoms with Gasteiger partial charge in [0.2, 0.25) is 0 Å². The molecule has 0 aliphatic carbocycles. The Morgan fingerprint density at radius 3 is 2.72 bits per heavy atom. The molecule has 18 heavy (non-hydrogen) atoms. The maximum atomic E-state index is 13.1. The lowest BCUT2D eigenvalue weighted by Gasteiger charge is -2.41. The highest BCUT2D eigenvalue weighted by atomic mass is 19.3. The fourth-order valence-corrected chi connectivity index (χ4v) is 2.89. The lowest BCUT2D eigenvalue weighted by Crippen LogP contribution is -2.59. The molecule has 0 bridgehead atoms. The van der Waals surface area contributed by atoms with E-state index < -0.39 is 12.5 Å². The fraction of sp³-hybridized carbons (Fsp3) is 0.538. The van der Waals surface area contributed by atoms with E-state index in [1.54, 1.807) is 5.01 Å². The highest BCUT2D eigenvalue weighted by molar-refractivity contribution is 5.20. The Morgan fingerprint density at radius 1 is 1.22 bits per heavy atom. The Bertz CT molecular complexity index is 398. The van der Waals surface area contributed by atoms with Crippen molar-refractivity contribution in [3.63, 3.8) is 0 Å². The van der Waals surface area contributed by atoms with Crippen molar-refractivity contribution in [3.8, 4) is 0 Å². The van der Waals surface area contributed by atoms with Gasteiger partial charge in [-0.15, -0.1) is 0 Å². The van der Waals surface area contributed by atoms with Crippen LogP contribution in [0.4, 0.5) is 8.78 Å². The van der Waals surface area contributed by atoms with Crippen LogP contribution in [0, 0.1) is 0 Å². The minimum Gasteiger partial charge on any atom is -0.294 e. The molecule has 2 fully saturated rings. The smallest absolute Gasteiger partial charge is 0.255 e. The van der Waals surface area contributed by atoms with Crippen LogP contribution < -0.4 is 10.7 Å². The van der Waals surface area contributed by atoms with Crippen molar-refractivity contribution in [1.82, 2.24) is 15.8 Å². The summed E-state index contributed by atoms with van der Waals surface area (Å²) in [6, 6.07) is 9.16. The van der Waals surface area contributed by atoms with Gasteiger partial charge in [0.15, 0.2) is 0 Å². The predicted molar refractivity (Wildman–Crippen MR) is 65.0 cm³/mol. The Kier molecular flexibility index (Phi) is 3.28. The summed E-state index contributed by atoms with van der Waals surface area (Å²) in [5.74, 6) is 0. The van der Waals surface area contributed by atoms with Crippen LogP contribution in [0.25, 0.3) is 0 Å². The summed E-state index contributed by atoms with van der Waals surface area (Å²) < 4.78 is 26.3. The summed E-state index contributed by atoms with van der Waals surface area (Å²) in [4.78, 5) is 0. The maximum absolute atomic E-state index is 13.1. The zero-order chi connectivity index (χ0) is 12.5. The van der Waals surface area contributed by atoms with Crippen LogP contribution in [0.5, 0.6) is 0 Å². The van der Waals surface area contributed by atoms with E-state index in [2.05, 4.69) is 10.7 Å². The summed E-state index contributed by atoms with van der Waals surface area (Å²) in [6.07, 6.45) is -0.994. The van der Waals surface area contributed by atoms with Crippen LogP contribution in [0.3, 0.4) is 0 Å². The number of nitrogens with one attached hydrogen (secondary N) is 2. The molecule has 1 aromatic carbocycles. The molecule has 3 atom stereocenters. The monoisotopic (exact) mass is 253 g/mol. The van der Waals surface area contributed by atoms with Crippen LogP contribution in [-0.2, 0) is 0 Å². The molecule has 2 aliphatic rings. The minimum atomic E-state index is -2.31. The largest absolute Gasteiger partial charge is 0.294 e. The number of rotatable bonds is 2. The summed E-state index contributed by atoms with van der Waals surface area (Å²) in [7, 11) is 0. The van der Waals surface area contributed by atoms with E-state index in [1.165, 1.54) is 0 Å². The standard InChI is InChI=1S/C13H17F2N3/c14-13(15)11-8-10(9-4-2-1-3-5-9)17-12-6-7-16-18(11)12/h1-5,10-13,16-17H,6-8H2. The molecule has 2 aliphatic heterocycles. The summed E-state index contributed by atoms with van der Waals surface area (Å²) in [5, 5.41) is 5.15. The zero-order valence-electron chi connectivity index (χ0n) is 10.0. The van der Waals surface area contributed by atoms with Crippen molar-refractivity contribution < 1.29 is 8.78 Å². The van der Waals surface area contributed by atoms with Crippen LogP contribution >= 0.6 is 0 Å². The van der Waals surface area contributed by atoms with Gasteiger partial charge in [-0.2, -0.15) is 0 Å². The molecule has 0 amide bonds. The van der Waals surface area contributed by atoms with E-state index in [0.29, 0.717) is 6.42 Å². The van der Waals surface area contributed by atoms with Crippen molar-refractivity contribution in [1.29, 1.82) is 0 Å². The minimum absolute atomic E-state index is 0.0166. The van der Waals surface area contributed by atoms with Crippen LogP contribution in [0.2, 0.25) is 0 Å². The molecule has 5 heteroatoms. The van der Waals surface area contributed by atoms with Gasteiger partial charge in [-0.1, -0.05) is 30.3 Å². The number of hydrazine groups is 1. The highest BCUT2D eigenvalue weighted by Crippen LogP contribution is 2.31. The van der Waals surface area contributed by atoms with Gasteiger partial charge in [0, 0.05) is 12.6 Å². The van der Waals surface area contributed by atoms with Crippen molar-refractivity contribution in [2.45, 2.75) is 37.5 Å². The number of hydrogen-bond donors (Lipinski definition) is 2. The molecule has 3 unspecified atom stereocenters. The van der Waals surface area contributed by atoms with Crippen LogP contribution in [0.1, 0.15) is 24.4 Å². The van der Waals surface area contributed by atoms with Crippen LogP contribution in [0.15, 0.2) is 30.3 Å². The molecule has 2 saturated heterocycles. The van der Waals surface area contributed by atoms with Gasteiger partial charge in [-0.05, 0) is 18.4 Å². The normalized spacial score (nSPS) is 32.7. The predicted octanol–water partition coefficient (Wildman–Crippen LogP) is 1.89. The average molecular weight is 253 g/mol. The van der Waals surface area contributed by atoms with Gasteiger partial charge in [0.05, 0.1) is 12.2 Å². The highest BCUT2D eigenvalue weighted by Gasteiger charge is 2.42. The Morgan fingerprint density at radius 2 is 2.00 bits per heavy atom. The Balaban J connectivity index is 1.82. The molecule has 3 nitrogen and oxygen atoms in total. The van der Waals surface area contributed by atoms with E-state index in [9.17, 15) is 8.78 Å². The first kappa shape index (κ1) is 12.0. The number of halogens is 2. The number of alkyl halides is 2. The van der Waals surface area contributed by atoms with Gasteiger partial charge in [0.25, 0.3) is 6.43 Å². The van der Waals surface area contributed by atoms with E-state index in [1.807, 2.05) is 30.3 Å². The van der Waals surface area contributed by atoms with Crippen molar-refractivity contribution in [2.24, 2.45) is 0 Å². The van der Waals surface area contributed by atoms with Gasteiger partial charge in [0.1, 0.15) is 0 Å². The SMILES string of the molecule is FC(F)C1CC(c2ccccc2)NC2CCNN21. The molecular weight excluding hydrogens is 236 g/mol. The number of benzene rings is 1. The molecule has 0 saturated carbocycles. The first-order valence-corrected chi connectivity index (χ1v) is 6.36. The second-order valence-corrected chi connectivity index (χ2v) is 4.89. The topological polar surface area (TPSA) is 27.3 Å². The van der Waals surface area contributed by atoms with Gasteiger partial charge >= 0.3 is 0 Å².